The van der Waals surface area contributed by atoms with E-state index in [0.717, 1.165) is 78.9 Å². The van der Waals surface area contributed by atoms with Crippen LogP contribution in [0.15, 0.2) is 138 Å². The topological polar surface area (TPSA) is 44.3 Å². The number of allylic oxidation sites excluding steroid dienone is 6. The van der Waals surface area contributed by atoms with Gasteiger partial charge in [0.25, 0.3) is 0 Å². The average Bonchev–Trinajstić information content (AvgIpc) is 3.30. The van der Waals surface area contributed by atoms with E-state index < -0.39 is 0 Å². The third kappa shape index (κ3) is 4.35. The average molecular weight is 571 g/mol. The van der Waals surface area contributed by atoms with E-state index in [0.29, 0.717) is 5.56 Å². The maximum absolute atomic E-state index is 9.65. The molecule has 0 spiro atoms. The molecule has 0 saturated carbocycles. The molecule has 4 nitrogen and oxygen atoms in total. The smallest absolute Gasteiger partial charge is 0.143 e. The van der Waals surface area contributed by atoms with Crippen molar-refractivity contribution in [1.82, 2.24) is 8.87 Å². The molecule has 0 atom stereocenters. The van der Waals surface area contributed by atoms with Crippen molar-refractivity contribution in [3.63, 3.8) is 0 Å². The molecule has 1 aliphatic carbocycles. The highest BCUT2D eigenvalue weighted by atomic mass is 32.2. The van der Waals surface area contributed by atoms with E-state index in [1.807, 2.05) is 18.2 Å². The van der Waals surface area contributed by atoms with Gasteiger partial charge < -0.3 is 4.57 Å². The Morgan fingerprint density at radius 2 is 1.60 bits per heavy atom. The SMILES string of the molecule is C=C1N=C2C=CC(c3cccc(-c4ccc5c(c4)c4cc(C#N)ccc4n5C4=CCCC=C4)c3)=CN2Sc2ccccc21. The van der Waals surface area contributed by atoms with E-state index in [-0.39, 0.29) is 0 Å². The number of rotatable bonds is 3. The van der Waals surface area contributed by atoms with Gasteiger partial charge in [-0.3, -0.25) is 4.31 Å². The van der Waals surface area contributed by atoms with E-state index in [2.05, 4.69) is 125 Å². The zero-order valence-corrected chi connectivity index (χ0v) is 24.2. The normalized spacial score (nSPS) is 15.8. The van der Waals surface area contributed by atoms with Crippen molar-refractivity contribution in [2.45, 2.75) is 17.7 Å². The summed E-state index contributed by atoms with van der Waals surface area (Å²) in [5, 5.41) is 11.9. The highest BCUT2D eigenvalue weighted by Crippen LogP contribution is 2.39. The van der Waals surface area contributed by atoms with Crippen molar-refractivity contribution in [3.8, 4) is 17.2 Å². The van der Waals surface area contributed by atoms with Crippen molar-refractivity contribution in [2.24, 2.45) is 4.99 Å². The van der Waals surface area contributed by atoms with Gasteiger partial charge in [0.15, 0.2) is 0 Å². The molecule has 0 unspecified atom stereocenters. The molecule has 0 N–H and O–H groups in total. The van der Waals surface area contributed by atoms with Gasteiger partial charge in [-0.25, -0.2) is 4.99 Å². The molecule has 2 aliphatic heterocycles. The molecule has 0 amide bonds. The predicted octanol–water partition coefficient (Wildman–Crippen LogP) is 9.83. The molecule has 43 heavy (non-hydrogen) atoms. The Hall–Kier alpha value is -5.31. The van der Waals surface area contributed by atoms with Crippen LogP contribution < -0.4 is 0 Å². The highest BCUT2D eigenvalue weighted by Gasteiger charge is 2.21. The third-order valence-corrected chi connectivity index (χ3v) is 9.24. The lowest BCUT2D eigenvalue weighted by Crippen LogP contribution is -2.18. The van der Waals surface area contributed by atoms with Gasteiger partial charge in [-0.2, -0.15) is 5.26 Å². The second-order valence-corrected chi connectivity index (χ2v) is 11.9. The first-order valence-corrected chi connectivity index (χ1v) is 15.1. The first kappa shape index (κ1) is 25.4. The van der Waals surface area contributed by atoms with Crippen molar-refractivity contribution in [1.29, 1.82) is 5.26 Å². The number of benzene rings is 4. The lowest BCUT2D eigenvalue weighted by Gasteiger charge is -2.22. The summed E-state index contributed by atoms with van der Waals surface area (Å²) in [6, 6.07) is 32.0. The number of nitrogens with zero attached hydrogens (tertiary/aromatic N) is 4. The molecule has 0 bridgehead atoms. The predicted molar refractivity (Wildman–Crippen MR) is 180 cm³/mol. The van der Waals surface area contributed by atoms with Crippen molar-refractivity contribution >= 4 is 56.6 Å². The Morgan fingerprint density at radius 3 is 2.47 bits per heavy atom. The fraction of sp³-hybridized carbons (Fsp3) is 0.0526. The van der Waals surface area contributed by atoms with Crippen LogP contribution in [0.4, 0.5) is 0 Å². The summed E-state index contributed by atoms with van der Waals surface area (Å²) in [7, 11) is 0. The number of aliphatic imine (C=N–C) groups is 1. The lowest BCUT2D eigenvalue weighted by molar-refractivity contribution is 0.932. The molecule has 8 rings (SSSR count). The number of fused-ring (bicyclic) bond motifs is 5. The standard InChI is InChI=1S/C38H26N4S/c1-25-32-12-5-6-13-37(32)43-41-24-30(16-19-38(41)40-25)28-9-7-8-27(21-28)29-15-18-36-34(22-29)33-20-26(23-39)14-17-35(33)42(36)31-10-3-2-4-11-31/h3,5-22,24H,1-2,4H2. The van der Waals surface area contributed by atoms with Crippen molar-refractivity contribution < 1.29 is 0 Å². The van der Waals surface area contributed by atoms with E-state index >= 15 is 0 Å². The largest absolute Gasteiger partial charge is 0.310 e. The Labute approximate surface area is 254 Å². The molecule has 0 fully saturated rings. The molecule has 204 valence electrons. The molecule has 0 saturated heterocycles. The molecule has 0 radical (unpaired) electrons. The van der Waals surface area contributed by atoms with Crippen LogP contribution in [0.3, 0.4) is 0 Å². The van der Waals surface area contributed by atoms with Crippen LogP contribution in [-0.4, -0.2) is 14.7 Å². The van der Waals surface area contributed by atoms with Gasteiger partial charge in [-0.1, -0.05) is 61.2 Å². The number of amidine groups is 1. The van der Waals surface area contributed by atoms with Crippen LogP contribution in [0.5, 0.6) is 0 Å². The molecule has 3 heterocycles. The minimum Gasteiger partial charge on any atom is -0.310 e. The quantitative estimate of drug-likeness (QED) is 0.203. The van der Waals surface area contributed by atoms with Crippen LogP contribution >= 0.6 is 11.9 Å². The number of hydrogen-bond donors (Lipinski definition) is 0. The van der Waals surface area contributed by atoms with Gasteiger partial charge in [0.1, 0.15) is 5.84 Å². The van der Waals surface area contributed by atoms with Crippen molar-refractivity contribution in [2.75, 3.05) is 0 Å². The van der Waals surface area contributed by atoms with Gasteiger partial charge in [-0.15, -0.1) is 0 Å². The molecule has 5 heteroatoms. The number of hydrogen-bond acceptors (Lipinski definition) is 4. The first-order chi connectivity index (χ1) is 21.2. The number of aromatic nitrogens is 1. The highest BCUT2D eigenvalue weighted by molar-refractivity contribution is 7.97. The van der Waals surface area contributed by atoms with Gasteiger partial charge >= 0.3 is 0 Å². The van der Waals surface area contributed by atoms with E-state index in [1.165, 1.54) is 5.70 Å². The zero-order chi connectivity index (χ0) is 28.9. The Morgan fingerprint density at radius 1 is 0.791 bits per heavy atom. The molecule has 1 aromatic heterocycles. The molecule has 4 aromatic carbocycles. The minimum atomic E-state index is 0.670. The van der Waals surface area contributed by atoms with Crippen LogP contribution in [0, 0.1) is 11.3 Å². The van der Waals surface area contributed by atoms with Gasteiger partial charge in [0, 0.05) is 33.1 Å². The van der Waals surface area contributed by atoms with Crippen LogP contribution in [0.1, 0.15) is 29.5 Å². The second-order valence-electron chi connectivity index (χ2n) is 10.8. The second kappa shape index (κ2) is 10.2. The summed E-state index contributed by atoms with van der Waals surface area (Å²) in [6.07, 6.45) is 15.2. The summed E-state index contributed by atoms with van der Waals surface area (Å²) in [6.45, 7) is 4.20. The summed E-state index contributed by atoms with van der Waals surface area (Å²) >= 11 is 1.66. The molecular formula is C38H26N4S. The van der Waals surface area contributed by atoms with Crippen molar-refractivity contribution in [3.05, 3.63) is 145 Å². The van der Waals surface area contributed by atoms with Gasteiger partial charge in [0.05, 0.1) is 28.4 Å². The van der Waals surface area contributed by atoms with E-state index in [4.69, 9.17) is 4.99 Å². The summed E-state index contributed by atoms with van der Waals surface area (Å²) in [5.74, 6) is 0.868. The first-order valence-electron chi connectivity index (χ1n) is 14.4. The third-order valence-electron chi connectivity index (χ3n) is 8.20. The van der Waals surface area contributed by atoms with Crippen LogP contribution in [0.2, 0.25) is 0 Å². The maximum atomic E-state index is 9.65. The fourth-order valence-electron chi connectivity index (χ4n) is 6.09. The molecule has 3 aliphatic rings. The fourth-order valence-corrected chi connectivity index (χ4v) is 7.08. The Kier molecular flexibility index (Phi) is 6.03. The maximum Gasteiger partial charge on any atom is 0.143 e. The monoisotopic (exact) mass is 570 g/mol. The minimum absolute atomic E-state index is 0.670. The Balaban J connectivity index is 1.21. The summed E-state index contributed by atoms with van der Waals surface area (Å²) in [5.41, 5.74) is 10.5. The lowest BCUT2D eigenvalue weighted by atomic mass is 9.97. The summed E-state index contributed by atoms with van der Waals surface area (Å²) in [4.78, 5) is 5.94. The zero-order valence-electron chi connectivity index (χ0n) is 23.4. The Bertz CT molecular complexity index is 2200. The summed E-state index contributed by atoms with van der Waals surface area (Å²) < 4.78 is 4.45. The molecular weight excluding hydrogens is 545 g/mol. The van der Waals surface area contributed by atoms with Gasteiger partial charge in [0.2, 0.25) is 0 Å². The van der Waals surface area contributed by atoms with Gasteiger partial charge in [-0.05, 0) is 108 Å². The van der Waals surface area contributed by atoms with E-state index in [9.17, 15) is 5.26 Å². The van der Waals surface area contributed by atoms with Crippen LogP contribution in [0.25, 0.3) is 49.9 Å². The van der Waals surface area contributed by atoms with Crippen LogP contribution in [-0.2, 0) is 0 Å². The number of nitriles is 1. The molecule has 5 aromatic rings. The van der Waals surface area contributed by atoms with E-state index in [1.54, 1.807) is 11.9 Å².